The number of aromatic nitrogens is 3. The zero-order valence-corrected chi connectivity index (χ0v) is 20.7. The van der Waals surface area contributed by atoms with E-state index in [0.29, 0.717) is 5.82 Å². The summed E-state index contributed by atoms with van der Waals surface area (Å²) in [6, 6.07) is 43.8. The molecule has 2 heterocycles. The van der Waals surface area contributed by atoms with Crippen molar-refractivity contribution in [3.8, 4) is 44.5 Å². The Hall–Kier alpha value is -4.67. The summed E-state index contributed by atoms with van der Waals surface area (Å²) in [7, 11) is 0. The van der Waals surface area contributed by atoms with Gasteiger partial charge in [-0.05, 0) is 23.6 Å². The van der Waals surface area contributed by atoms with Crippen molar-refractivity contribution >= 4 is 32.3 Å². The molecule has 4 heteroatoms. The topological polar surface area (TPSA) is 38.7 Å². The normalized spacial score (nSPS) is 11.2. The quantitative estimate of drug-likeness (QED) is 0.247. The molecule has 0 radical (unpaired) electrons. The van der Waals surface area contributed by atoms with Gasteiger partial charge in [-0.3, -0.25) is 0 Å². The van der Waals surface area contributed by atoms with Gasteiger partial charge >= 0.3 is 0 Å². The Bertz CT molecular complexity index is 1800. The first-order chi connectivity index (χ1) is 18.3. The van der Waals surface area contributed by atoms with Crippen LogP contribution in [0.15, 0.2) is 127 Å². The first-order valence-corrected chi connectivity index (χ1v) is 13.0. The van der Waals surface area contributed by atoms with Crippen LogP contribution in [0.3, 0.4) is 0 Å². The molecule has 0 saturated heterocycles. The van der Waals surface area contributed by atoms with Crippen molar-refractivity contribution in [3.05, 3.63) is 127 Å². The molecule has 0 fully saturated rings. The summed E-state index contributed by atoms with van der Waals surface area (Å²) < 4.78 is 1.17. The number of fused-ring (bicyclic) bond motifs is 3. The molecule has 5 aromatic carbocycles. The lowest BCUT2D eigenvalue weighted by Gasteiger charge is -2.10. The Morgan fingerprint density at radius 3 is 1.65 bits per heavy atom. The average Bonchev–Trinajstić information content (AvgIpc) is 3.43. The molecule has 0 N–H and O–H groups in total. The van der Waals surface area contributed by atoms with E-state index in [1.165, 1.54) is 4.70 Å². The van der Waals surface area contributed by atoms with E-state index in [4.69, 9.17) is 15.0 Å². The molecule has 0 aliphatic carbocycles. The fourth-order valence-electron chi connectivity index (χ4n) is 4.64. The maximum absolute atomic E-state index is 5.05. The van der Waals surface area contributed by atoms with E-state index in [0.717, 1.165) is 54.9 Å². The molecule has 0 aliphatic heterocycles. The summed E-state index contributed by atoms with van der Waals surface area (Å²) in [6.45, 7) is 0. The molecule has 0 unspecified atom stereocenters. The summed E-state index contributed by atoms with van der Waals surface area (Å²) >= 11 is 1.72. The molecule has 2 aromatic heterocycles. The van der Waals surface area contributed by atoms with Crippen LogP contribution in [0, 0.1) is 0 Å². The standard InChI is InChI=1S/C33H21N3S/c1-4-10-23(11-5-1)28-21-29(24-12-6-2-7-13-24)35-32(34-28)26-17-16-22-18-19-30-31(27(22)20-26)36-33(37-30)25-14-8-3-9-15-25/h1-21H. The second-order valence-electron chi connectivity index (χ2n) is 8.93. The van der Waals surface area contributed by atoms with Crippen molar-refractivity contribution in [2.45, 2.75) is 0 Å². The predicted molar refractivity (Wildman–Crippen MR) is 154 cm³/mol. The summed E-state index contributed by atoms with van der Waals surface area (Å²) in [5.74, 6) is 0.706. The lowest BCUT2D eigenvalue weighted by molar-refractivity contribution is 1.18. The Kier molecular flexibility index (Phi) is 5.30. The minimum atomic E-state index is 0.706. The molecule has 174 valence electrons. The van der Waals surface area contributed by atoms with Gasteiger partial charge in [-0.2, -0.15) is 0 Å². The molecule has 3 nitrogen and oxygen atoms in total. The van der Waals surface area contributed by atoms with E-state index >= 15 is 0 Å². The molecule has 0 bridgehead atoms. The predicted octanol–water partition coefficient (Wildman–Crippen LogP) is 8.91. The number of nitrogens with zero attached hydrogens (tertiary/aromatic N) is 3. The zero-order chi connectivity index (χ0) is 24.6. The van der Waals surface area contributed by atoms with E-state index in [9.17, 15) is 0 Å². The molecule has 0 saturated carbocycles. The third-order valence-corrected chi connectivity index (χ3v) is 7.59. The summed E-state index contributed by atoms with van der Waals surface area (Å²) in [4.78, 5) is 15.1. The van der Waals surface area contributed by atoms with Crippen LogP contribution in [0.2, 0.25) is 0 Å². The zero-order valence-electron chi connectivity index (χ0n) is 19.9. The highest BCUT2D eigenvalue weighted by Crippen LogP contribution is 2.36. The van der Waals surface area contributed by atoms with Crippen molar-refractivity contribution in [2.75, 3.05) is 0 Å². The summed E-state index contributed by atoms with van der Waals surface area (Å²) in [5.41, 5.74) is 7.08. The summed E-state index contributed by atoms with van der Waals surface area (Å²) in [5, 5.41) is 3.30. The second kappa shape index (κ2) is 9.08. The number of benzene rings is 5. The lowest BCUT2D eigenvalue weighted by atomic mass is 10.0. The van der Waals surface area contributed by atoms with E-state index in [1.807, 2.05) is 42.5 Å². The van der Waals surface area contributed by atoms with Crippen molar-refractivity contribution < 1.29 is 0 Å². The maximum Gasteiger partial charge on any atom is 0.160 e. The number of hydrogen-bond acceptors (Lipinski definition) is 4. The van der Waals surface area contributed by atoms with Crippen LogP contribution in [0.1, 0.15) is 0 Å². The van der Waals surface area contributed by atoms with Gasteiger partial charge in [0.05, 0.1) is 21.6 Å². The van der Waals surface area contributed by atoms with Crippen molar-refractivity contribution in [3.63, 3.8) is 0 Å². The van der Waals surface area contributed by atoms with Crippen LogP contribution in [-0.4, -0.2) is 15.0 Å². The van der Waals surface area contributed by atoms with Crippen molar-refractivity contribution in [1.82, 2.24) is 15.0 Å². The third kappa shape index (κ3) is 4.07. The number of thiazole rings is 1. The Morgan fingerprint density at radius 1 is 0.459 bits per heavy atom. The SMILES string of the molecule is c1ccc(-c2cc(-c3ccccc3)nc(-c3ccc4ccc5sc(-c6ccccc6)nc5c4c3)n2)cc1. The second-order valence-corrected chi connectivity index (χ2v) is 9.96. The first-order valence-electron chi connectivity index (χ1n) is 12.2. The van der Waals surface area contributed by atoms with Crippen LogP contribution in [0.4, 0.5) is 0 Å². The highest BCUT2D eigenvalue weighted by Gasteiger charge is 2.14. The van der Waals surface area contributed by atoms with Gasteiger partial charge in [-0.1, -0.05) is 109 Å². The third-order valence-electron chi connectivity index (χ3n) is 6.52. The molecule has 7 rings (SSSR count). The molecule has 37 heavy (non-hydrogen) atoms. The lowest BCUT2D eigenvalue weighted by Crippen LogP contribution is -1.96. The van der Waals surface area contributed by atoms with E-state index in [2.05, 4.69) is 84.9 Å². The number of rotatable bonds is 4. The first kappa shape index (κ1) is 21.6. The van der Waals surface area contributed by atoms with Gasteiger partial charge in [0.15, 0.2) is 5.82 Å². The Balaban J connectivity index is 1.42. The van der Waals surface area contributed by atoms with Crippen LogP contribution in [0.5, 0.6) is 0 Å². The van der Waals surface area contributed by atoms with Gasteiger partial charge in [0.2, 0.25) is 0 Å². The fraction of sp³-hybridized carbons (Fsp3) is 0. The van der Waals surface area contributed by atoms with E-state index in [-0.39, 0.29) is 0 Å². The molecular weight excluding hydrogens is 470 g/mol. The minimum Gasteiger partial charge on any atom is -0.235 e. The highest BCUT2D eigenvalue weighted by molar-refractivity contribution is 7.21. The number of hydrogen-bond donors (Lipinski definition) is 0. The minimum absolute atomic E-state index is 0.706. The highest BCUT2D eigenvalue weighted by atomic mass is 32.1. The molecular formula is C33H21N3S. The van der Waals surface area contributed by atoms with Gasteiger partial charge in [0.25, 0.3) is 0 Å². The van der Waals surface area contributed by atoms with E-state index < -0.39 is 0 Å². The monoisotopic (exact) mass is 491 g/mol. The summed E-state index contributed by atoms with van der Waals surface area (Å²) in [6.07, 6.45) is 0. The maximum atomic E-state index is 5.05. The average molecular weight is 492 g/mol. The van der Waals surface area contributed by atoms with Gasteiger partial charge in [0.1, 0.15) is 5.01 Å². The van der Waals surface area contributed by atoms with Gasteiger partial charge < -0.3 is 0 Å². The molecule has 0 aliphatic rings. The van der Waals surface area contributed by atoms with E-state index in [1.54, 1.807) is 11.3 Å². The molecule has 0 amide bonds. The van der Waals surface area contributed by atoms with Crippen molar-refractivity contribution in [2.24, 2.45) is 0 Å². The molecule has 0 atom stereocenters. The smallest absolute Gasteiger partial charge is 0.160 e. The molecule has 0 spiro atoms. The Labute approximate surface area is 218 Å². The van der Waals surface area contributed by atoms with Crippen LogP contribution >= 0.6 is 11.3 Å². The fourth-order valence-corrected chi connectivity index (χ4v) is 5.63. The van der Waals surface area contributed by atoms with Crippen LogP contribution < -0.4 is 0 Å². The molecule has 7 aromatic rings. The van der Waals surface area contributed by atoms with Crippen LogP contribution in [0.25, 0.3) is 65.5 Å². The van der Waals surface area contributed by atoms with Gasteiger partial charge in [-0.15, -0.1) is 11.3 Å². The van der Waals surface area contributed by atoms with Gasteiger partial charge in [-0.25, -0.2) is 15.0 Å². The Morgan fingerprint density at radius 2 is 1.03 bits per heavy atom. The van der Waals surface area contributed by atoms with Crippen molar-refractivity contribution in [1.29, 1.82) is 0 Å². The van der Waals surface area contributed by atoms with Gasteiger partial charge in [0, 0.05) is 27.6 Å². The largest absolute Gasteiger partial charge is 0.235 e. The van der Waals surface area contributed by atoms with Crippen LogP contribution in [-0.2, 0) is 0 Å².